The number of carbonyl (C=O) groups is 2. The van der Waals surface area contributed by atoms with E-state index in [1.807, 2.05) is 13.8 Å². The molecule has 0 saturated carbocycles. The van der Waals surface area contributed by atoms with Gasteiger partial charge in [-0.15, -0.1) is 0 Å². The van der Waals surface area contributed by atoms with Gasteiger partial charge in [-0.05, 0) is 61.2 Å². The molecule has 1 saturated heterocycles. The fourth-order valence-corrected chi connectivity index (χ4v) is 3.44. The smallest absolute Gasteiger partial charge is 0.338 e. The molecule has 0 unspecified atom stereocenters. The number of esters is 1. The lowest BCUT2D eigenvalue weighted by Crippen LogP contribution is -2.44. The molecule has 0 bridgehead atoms. The Bertz CT molecular complexity index is 634. The third-order valence-electron chi connectivity index (χ3n) is 4.20. The molecule has 0 aromatic heterocycles. The molecule has 0 aliphatic carbocycles. The van der Waals surface area contributed by atoms with Crippen LogP contribution >= 0.6 is 15.9 Å². The Kier molecular flexibility index (Phi) is 7.11. The van der Waals surface area contributed by atoms with E-state index in [0.29, 0.717) is 28.1 Å². The SMILES string of the molecule is CCOc1c(Br)cc(C(=O)OCC(=O)N2CCCC[C@@H]2C)cc1OC. The Balaban J connectivity index is 2.03. The summed E-state index contributed by atoms with van der Waals surface area (Å²) < 4.78 is 16.6. The first-order valence-corrected chi connectivity index (χ1v) is 9.24. The van der Waals surface area contributed by atoms with Gasteiger partial charge in [-0.3, -0.25) is 4.79 Å². The number of benzene rings is 1. The minimum Gasteiger partial charge on any atom is -0.493 e. The van der Waals surface area contributed by atoms with Crippen molar-refractivity contribution in [3.8, 4) is 11.5 Å². The van der Waals surface area contributed by atoms with Crippen LogP contribution in [0, 0.1) is 0 Å². The summed E-state index contributed by atoms with van der Waals surface area (Å²) in [5.41, 5.74) is 0.298. The molecular weight excluding hydrogens is 390 g/mol. The van der Waals surface area contributed by atoms with Crippen molar-refractivity contribution >= 4 is 27.8 Å². The van der Waals surface area contributed by atoms with Gasteiger partial charge in [0.15, 0.2) is 18.1 Å². The predicted molar refractivity (Wildman–Crippen MR) is 97.2 cm³/mol. The van der Waals surface area contributed by atoms with E-state index in [-0.39, 0.29) is 18.6 Å². The lowest BCUT2D eigenvalue weighted by atomic mass is 10.0. The van der Waals surface area contributed by atoms with E-state index in [1.54, 1.807) is 17.0 Å². The minimum absolute atomic E-state index is 0.155. The van der Waals surface area contributed by atoms with E-state index in [4.69, 9.17) is 14.2 Å². The Morgan fingerprint density at radius 3 is 2.72 bits per heavy atom. The first kappa shape index (κ1) is 19.6. The Morgan fingerprint density at radius 2 is 2.08 bits per heavy atom. The molecule has 1 aromatic carbocycles. The van der Waals surface area contributed by atoms with Crippen LogP contribution in [0.1, 0.15) is 43.5 Å². The summed E-state index contributed by atoms with van der Waals surface area (Å²) in [5, 5.41) is 0. The molecular formula is C18H24BrNO5. The molecule has 1 aliphatic heterocycles. The highest BCUT2D eigenvalue weighted by Crippen LogP contribution is 2.36. The van der Waals surface area contributed by atoms with Crippen LogP contribution in [0.5, 0.6) is 11.5 Å². The molecule has 1 atom stereocenters. The summed E-state index contributed by atoms with van der Waals surface area (Å²) in [5.74, 6) is 0.233. The van der Waals surface area contributed by atoms with Gasteiger partial charge in [-0.1, -0.05) is 0 Å². The Morgan fingerprint density at radius 1 is 1.32 bits per heavy atom. The number of piperidine rings is 1. The van der Waals surface area contributed by atoms with Crippen LogP contribution in [0.3, 0.4) is 0 Å². The second-order valence-corrected chi connectivity index (χ2v) is 6.78. The van der Waals surface area contributed by atoms with Crippen molar-refractivity contribution in [2.24, 2.45) is 0 Å². The summed E-state index contributed by atoms with van der Waals surface area (Å²) in [6.07, 6.45) is 3.11. The molecule has 0 N–H and O–H groups in total. The van der Waals surface area contributed by atoms with E-state index in [0.717, 1.165) is 25.8 Å². The maximum atomic E-state index is 12.3. The van der Waals surface area contributed by atoms with Crippen molar-refractivity contribution in [1.29, 1.82) is 0 Å². The van der Waals surface area contributed by atoms with Gasteiger partial charge in [0.2, 0.25) is 0 Å². The number of nitrogens with zero attached hydrogens (tertiary/aromatic N) is 1. The van der Waals surface area contributed by atoms with Crippen LogP contribution in [-0.4, -0.2) is 49.7 Å². The quantitative estimate of drug-likeness (QED) is 0.668. The highest BCUT2D eigenvalue weighted by Gasteiger charge is 2.24. The second-order valence-electron chi connectivity index (χ2n) is 5.93. The molecule has 0 radical (unpaired) electrons. The van der Waals surface area contributed by atoms with E-state index in [1.165, 1.54) is 7.11 Å². The summed E-state index contributed by atoms with van der Waals surface area (Å²) in [6.45, 7) is 4.83. The molecule has 1 aromatic rings. The van der Waals surface area contributed by atoms with Gasteiger partial charge >= 0.3 is 5.97 Å². The van der Waals surface area contributed by atoms with E-state index in [9.17, 15) is 9.59 Å². The van der Waals surface area contributed by atoms with Crippen LogP contribution in [0.25, 0.3) is 0 Å². The third kappa shape index (κ3) is 4.87. The first-order valence-electron chi connectivity index (χ1n) is 8.44. The fraction of sp³-hybridized carbons (Fsp3) is 0.556. The van der Waals surface area contributed by atoms with Crippen LogP contribution in [0.15, 0.2) is 16.6 Å². The average Bonchev–Trinajstić information content (AvgIpc) is 2.61. The highest BCUT2D eigenvalue weighted by molar-refractivity contribution is 9.10. The van der Waals surface area contributed by atoms with Crippen LogP contribution in [0.2, 0.25) is 0 Å². The number of likely N-dealkylation sites (tertiary alicyclic amines) is 1. The van der Waals surface area contributed by atoms with Crippen molar-refractivity contribution in [1.82, 2.24) is 4.90 Å². The number of carbonyl (C=O) groups excluding carboxylic acids is 2. The van der Waals surface area contributed by atoms with Crippen LogP contribution in [0.4, 0.5) is 0 Å². The zero-order chi connectivity index (χ0) is 18.4. The van der Waals surface area contributed by atoms with Crippen molar-refractivity contribution in [3.05, 3.63) is 22.2 Å². The van der Waals surface area contributed by atoms with Crippen molar-refractivity contribution in [2.75, 3.05) is 26.9 Å². The lowest BCUT2D eigenvalue weighted by Gasteiger charge is -2.33. The number of hydrogen-bond donors (Lipinski definition) is 0. The molecule has 6 nitrogen and oxygen atoms in total. The van der Waals surface area contributed by atoms with Gasteiger partial charge in [0.25, 0.3) is 5.91 Å². The van der Waals surface area contributed by atoms with Crippen LogP contribution < -0.4 is 9.47 Å². The number of ether oxygens (including phenoxy) is 3. The van der Waals surface area contributed by atoms with E-state index < -0.39 is 5.97 Å². The summed E-state index contributed by atoms with van der Waals surface area (Å²) in [4.78, 5) is 26.3. The van der Waals surface area contributed by atoms with Crippen molar-refractivity contribution < 1.29 is 23.8 Å². The van der Waals surface area contributed by atoms with Gasteiger partial charge in [0.1, 0.15) is 0 Å². The fourth-order valence-electron chi connectivity index (χ4n) is 2.88. The number of halogens is 1. The second kappa shape index (κ2) is 9.08. The summed E-state index contributed by atoms with van der Waals surface area (Å²) in [6, 6.07) is 3.34. The molecule has 25 heavy (non-hydrogen) atoms. The topological polar surface area (TPSA) is 65.1 Å². The standard InChI is InChI=1S/C18H24BrNO5/c1-4-24-17-14(19)9-13(10-15(17)23-3)18(22)25-11-16(21)20-8-6-5-7-12(20)2/h9-10,12H,4-8,11H2,1-3H3/t12-/m0/s1. The molecule has 7 heteroatoms. The van der Waals surface area contributed by atoms with Gasteiger partial charge in [0.05, 0.1) is 23.8 Å². The number of hydrogen-bond acceptors (Lipinski definition) is 5. The Hall–Kier alpha value is -1.76. The molecule has 1 fully saturated rings. The van der Waals surface area contributed by atoms with Gasteiger partial charge in [-0.25, -0.2) is 4.79 Å². The summed E-state index contributed by atoms with van der Waals surface area (Å²) in [7, 11) is 1.50. The monoisotopic (exact) mass is 413 g/mol. The number of rotatable bonds is 6. The van der Waals surface area contributed by atoms with Gasteiger partial charge < -0.3 is 19.1 Å². The molecule has 138 valence electrons. The molecule has 1 aliphatic rings. The van der Waals surface area contributed by atoms with Crippen molar-refractivity contribution in [3.63, 3.8) is 0 Å². The normalized spacial score (nSPS) is 17.1. The minimum atomic E-state index is -0.569. The summed E-state index contributed by atoms with van der Waals surface area (Å²) >= 11 is 3.37. The average molecular weight is 414 g/mol. The van der Waals surface area contributed by atoms with E-state index in [2.05, 4.69) is 15.9 Å². The zero-order valence-electron chi connectivity index (χ0n) is 14.8. The number of methoxy groups -OCH3 is 1. The zero-order valence-corrected chi connectivity index (χ0v) is 16.4. The largest absolute Gasteiger partial charge is 0.493 e. The highest BCUT2D eigenvalue weighted by atomic mass is 79.9. The van der Waals surface area contributed by atoms with Crippen LogP contribution in [-0.2, 0) is 9.53 Å². The van der Waals surface area contributed by atoms with E-state index >= 15 is 0 Å². The Labute approximate surface area is 156 Å². The maximum absolute atomic E-state index is 12.3. The van der Waals surface area contributed by atoms with Crippen molar-refractivity contribution in [2.45, 2.75) is 39.2 Å². The van der Waals surface area contributed by atoms with Gasteiger partial charge in [-0.2, -0.15) is 0 Å². The third-order valence-corrected chi connectivity index (χ3v) is 4.79. The van der Waals surface area contributed by atoms with Gasteiger partial charge in [0, 0.05) is 12.6 Å². The molecule has 1 heterocycles. The lowest BCUT2D eigenvalue weighted by molar-refractivity contribution is -0.137. The maximum Gasteiger partial charge on any atom is 0.338 e. The molecule has 1 amide bonds. The molecule has 2 rings (SSSR count). The molecule has 0 spiro atoms. The predicted octanol–water partition coefficient (Wildman–Crippen LogP) is 3.41. The number of amides is 1. The first-order chi connectivity index (χ1) is 12.0.